The van der Waals surface area contributed by atoms with Crippen LogP contribution in [0.4, 0.5) is 0 Å². The van der Waals surface area contributed by atoms with E-state index < -0.39 is 0 Å². The Hall–Kier alpha value is -0.880. The van der Waals surface area contributed by atoms with E-state index in [1.165, 1.54) is 6.21 Å². The SMILES string of the molecule is O=C=C1C=N1. The predicted molar refractivity (Wildman–Crippen MR) is 17.7 cm³/mol. The zero-order chi connectivity index (χ0) is 3.70. The van der Waals surface area contributed by atoms with Crippen molar-refractivity contribution in [1.82, 2.24) is 0 Å². The molecule has 0 aromatic heterocycles. The van der Waals surface area contributed by atoms with Gasteiger partial charge in [-0.3, -0.25) is 0 Å². The number of allylic oxidation sites excluding steroid dienone is 1. The van der Waals surface area contributed by atoms with Crippen molar-refractivity contribution >= 4 is 12.2 Å². The van der Waals surface area contributed by atoms with Crippen LogP contribution in [-0.2, 0) is 4.79 Å². The van der Waals surface area contributed by atoms with E-state index in [1.807, 2.05) is 0 Å². The highest BCUT2D eigenvalue weighted by Gasteiger charge is 1.97. The number of aliphatic imine (C=N–C) groups is 1. The summed E-state index contributed by atoms with van der Waals surface area (Å²) < 4.78 is 0. The van der Waals surface area contributed by atoms with Crippen LogP contribution in [-0.4, -0.2) is 12.2 Å². The molecule has 1 aliphatic heterocycles. The van der Waals surface area contributed by atoms with Gasteiger partial charge in [-0.2, -0.15) is 0 Å². The molecule has 2 heteroatoms. The average molecular weight is 67.0 g/mol. The Morgan fingerprint density at radius 3 is 2.60 bits per heavy atom. The minimum Gasteiger partial charge on any atom is -0.240 e. The lowest BCUT2D eigenvalue weighted by Gasteiger charge is -1.35. The lowest BCUT2D eigenvalue weighted by atomic mass is 10.7. The Labute approximate surface area is 28.8 Å². The summed E-state index contributed by atoms with van der Waals surface area (Å²) in [6, 6.07) is 0. The van der Waals surface area contributed by atoms with Gasteiger partial charge in [0.15, 0.2) is 11.6 Å². The van der Waals surface area contributed by atoms with Crippen molar-refractivity contribution in [1.29, 1.82) is 0 Å². The first-order chi connectivity index (χ1) is 2.43. The van der Waals surface area contributed by atoms with Crippen molar-refractivity contribution in [2.45, 2.75) is 0 Å². The van der Waals surface area contributed by atoms with E-state index in [9.17, 15) is 4.79 Å². The maximum Gasteiger partial charge on any atom is 0.165 e. The highest BCUT2D eigenvalue weighted by Crippen LogP contribution is 1.96. The van der Waals surface area contributed by atoms with Crippen LogP contribution in [0.25, 0.3) is 0 Å². The van der Waals surface area contributed by atoms with E-state index in [2.05, 4.69) is 4.99 Å². The van der Waals surface area contributed by atoms with Gasteiger partial charge in [-0.25, -0.2) is 9.79 Å². The molecule has 0 spiro atoms. The van der Waals surface area contributed by atoms with E-state index in [1.54, 1.807) is 5.94 Å². The summed E-state index contributed by atoms with van der Waals surface area (Å²) in [4.78, 5) is 12.7. The van der Waals surface area contributed by atoms with E-state index >= 15 is 0 Å². The molecule has 0 atom stereocenters. The summed E-state index contributed by atoms with van der Waals surface area (Å²) >= 11 is 0. The van der Waals surface area contributed by atoms with E-state index in [-0.39, 0.29) is 0 Å². The lowest BCUT2D eigenvalue weighted by molar-refractivity contribution is 0.568. The first-order valence-electron chi connectivity index (χ1n) is 1.22. The summed E-state index contributed by atoms with van der Waals surface area (Å²) in [7, 11) is 0. The monoisotopic (exact) mass is 67.0 g/mol. The molecule has 0 radical (unpaired) electrons. The second kappa shape index (κ2) is 0.535. The second-order valence-electron chi connectivity index (χ2n) is 0.746. The summed E-state index contributed by atoms with van der Waals surface area (Å²) in [6.45, 7) is 0. The molecule has 0 aromatic carbocycles. The quantitative estimate of drug-likeness (QED) is 0.360. The highest BCUT2D eigenvalue weighted by atomic mass is 16.1. The van der Waals surface area contributed by atoms with E-state index in [0.717, 1.165) is 0 Å². The van der Waals surface area contributed by atoms with Crippen molar-refractivity contribution in [2.24, 2.45) is 4.99 Å². The fourth-order valence-corrected chi connectivity index (χ4v) is 0.0850. The normalized spacial score (nSPS) is 14.8. The zero-order valence-electron chi connectivity index (χ0n) is 2.43. The Kier molecular flexibility index (Phi) is 0.253. The van der Waals surface area contributed by atoms with Crippen molar-refractivity contribution in [3.63, 3.8) is 0 Å². The largest absolute Gasteiger partial charge is 0.240 e. The predicted octanol–water partition coefficient (Wildman–Crippen LogP) is -0.214. The second-order valence-corrected chi connectivity index (χ2v) is 0.746. The first kappa shape index (κ1) is 2.36. The van der Waals surface area contributed by atoms with Gasteiger partial charge < -0.3 is 0 Å². The van der Waals surface area contributed by atoms with Crippen LogP contribution in [0.5, 0.6) is 0 Å². The van der Waals surface area contributed by atoms with Crippen LogP contribution in [0.3, 0.4) is 0 Å². The Balaban J connectivity index is 2.90. The number of nitrogens with zero attached hydrogens (tertiary/aromatic N) is 1. The molecule has 0 aromatic rings. The molecule has 0 saturated carbocycles. The number of carbonyl (C=O) groups excluding carboxylic acids is 1. The van der Waals surface area contributed by atoms with Gasteiger partial charge in [-0.15, -0.1) is 0 Å². The van der Waals surface area contributed by atoms with Gasteiger partial charge in [0.25, 0.3) is 0 Å². The summed E-state index contributed by atoms with van der Waals surface area (Å²) in [5.41, 5.74) is 0.449. The van der Waals surface area contributed by atoms with Crippen LogP contribution in [0.2, 0.25) is 0 Å². The van der Waals surface area contributed by atoms with Crippen LogP contribution in [0.15, 0.2) is 10.7 Å². The third-order valence-electron chi connectivity index (χ3n) is 0.363. The molecule has 1 rings (SSSR count). The van der Waals surface area contributed by atoms with E-state index in [4.69, 9.17) is 0 Å². The Morgan fingerprint density at radius 2 is 2.60 bits per heavy atom. The van der Waals surface area contributed by atoms with Crippen LogP contribution in [0, 0.1) is 0 Å². The van der Waals surface area contributed by atoms with Gasteiger partial charge in [0.05, 0.1) is 6.21 Å². The molecule has 0 N–H and O–H groups in total. The Bertz CT molecular complexity index is 111. The molecule has 1 aliphatic rings. The molecule has 2 nitrogen and oxygen atoms in total. The minimum absolute atomic E-state index is 0.449. The van der Waals surface area contributed by atoms with Crippen LogP contribution >= 0.6 is 0 Å². The Morgan fingerprint density at radius 1 is 2.00 bits per heavy atom. The topological polar surface area (TPSA) is 29.4 Å². The van der Waals surface area contributed by atoms with Gasteiger partial charge in [0.2, 0.25) is 0 Å². The number of rotatable bonds is 0. The molecule has 1 heterocycles. The highest BCUT2D eigenvalue weighted by molar-refractivity contribution is 6.01. The lowest BCUT2D eigenvalue weighted by Crippen LogP contribution is -1.45. The van der Waals surface area contributed by atoms with Gasteiger partial charge in [0.1, 0.15) is 0 Å². The maximum atomic E-state index is 9.28. The summed E-state index contributed by atoms with van der Waals surface area (Å²) in [6.07, 6.45) is 1.47. The van der Waals surface area contributed by atoms with Gasteiger partial charge in [0, 0.05) is 0 Å². The fourth-order valence-electron chi connectivity index (χ4n) is 0.0850. The maximum absolute atomic E-state index is 9.28. The van der Waals surface area contributed by atoms with Crippen LogP contribution < -0.4 is 0 Å². The molecule has 0 bridgehead atoms. The third kappa shape index (κ3) is 0.231. The number of hydrogen-bond donors (Lipinski definition) is 0. The smallest absolute Gasteiger partial charge is 0.165 e. The van der Waals surface area contributed by atoms with Crippen molar-refractivity contribution in [3.8, 4) is 0 Å². The molecule has 0 aliphatic carbocycles. The van der Waals surface area contributed by atoms with E-state index in [0.29, 0.717) is 5.70 Å². The van der Waals surface area contributed by atoms with Crippen LogP contribution in [0.1, 0.15) is 0 Å². The molecule has 0 unspecified atom stereocenters. The molecular formula is C3HNO. The minimum atomic E-state index is 0.449. The first-order valence-corrected chi connectivity index (χ1v) is 1.22. The van der Waals surface area contributed by atoms with Crippen molar-refractivity contribution < 1.29 is 4.79 Å². The third-order valence-corrected chi connectivity index (χ3v) is 0.363. The molecule has 0 fully saturated rings. The molecule has 24 valence electrons. The van der Waals surface area contributed by atoms with Gasteiger partial charge in [-0.05, 0) is 0 Å². The van der Waals surface area contributed by atoms with Gasteiger partial charge in [-0.1, -0.05) is 0 Å². The molecule has 5 heavy (non-hydrogen) atoms. The average Bonchev–Trinajstić information content (AvgIpc) is 2.12. The summed E-state index contributed by atoms with van der Waals surface area (Å²) in [5, 5.41) is 0. The number of hydrogen-bond acceptors (Lipinski definition) is 2. The van der Waals surface area contributed by atoms with Crippen molar-refractivity contribution in [3.05, 3.63) is 5.70 Å². The fraction of sp³-hybridized carbons (Fsp3) is 0. The summed E-state index contributed by atoms with van der Waals surface area (Å²) in [5.74, 6) is 1.58. The van der Waals surface area contributed by atoms with Gasteiger partial charge >= 0.3 is 0 Å². The molecule has 0 saturated heterocycles. The zero-order valence-corrected chi connectivity index (χ0v) is 2.43. The molecular weight excluding hydrogens is 66.0 g/mol. The standard InChI is InChI=1S/C3HNO/c5-2-3-1-4-3/h1H. The van der Waals surface area contributed by atoms with Crippen molar-refractivity contribution in [2.75, 3.05) is 0 Å². The molecule has 0 amide bonds.